The van der Waals surface area contributed by atoms with E-state index in [4.69, 9.17) is 0 Å². The van der Waals surface area contributed by atoms with Crippen molar-refractivity contribution in [2.45, 2.75) is 53.1 Å². The third kappa shape index (κ3) is 4.95. The molecule has 8 nitrogen and oxygen atoms in total. The van der Waals surface area contributed by atoms with Crippen LogP contribution in [0, 0.1) is 5.92 Å². The number of hydrogen-bond donors (Lipinski definition) is 4. The Balaban J connectivity index is 1.98. The first-order chi connectivity index (χ1) is 10.8. The number of carbonyl (C=O) groups excluding carboxylic acids is 2. The van der Waals surface area contributed by atoms with Gasteiger partial charge in [0.05, 0.1) is 0 Å². The van der Waals surface area contributed by atoms with Gasteiger partial charge >= 0.3 is 6.03 Å². The Bertz CT molecular complexity index is 566. The molecular formula is C15H26N6O2. The number of nitrogens with zero attached hydrogens (tertiary/aromatic N) is 2. The molecule has 2 heterocycles. The third-order valence-electron chi connectivity index (χ3n) is 3.46. The first-order valence-electron chi connectivity index (χ1n) is 8.03. The fraction of sp³-hybridized carbons (Fsp3) is 0.667. The van der Waals surface area contributed by atoms with Gasteiger partial charge in [0.2, 0.25) is 5.91 Å². The van der Waals surface area contributed by atoms with Crippen LogP contribution in [-0.4, -0.2) is 39.7 Å². The van der Waals surface area contributed by atoms with E-state index in [1.165, 1.54) is 0 Å². The maximum Gasteiger partial charge on any atom is 0.329 e. The second-order valence-electron chi connectivity index (χ2n) is 6.59. The highest BCUT2D eigenvalue weighted by Gasteiger charge is 2.24. The number of amides is 3. The molecule has 0 bridgehead atoms. The summed E-state index contributed by atoms with van der Waals surface area (Å²) in [4.78, 5) is 23.7. The molecular weight excluding hydrogens is 296 g/mol. The summed E-state index contributed by atoms with van der Waals surface area (Å²) >= 11 is 0. The number of fused-ring (bicyclic) bond motifs is 1. The van der Waals surface area contributed by atoms with Crippen molar-refractivity contribution in [2.24, 2.45) is 5.92 Å². The molecule has 0 saturated carbocycles. The van der Waals surface area contributed by atoms with E-state index in [0.29, 0.717) is 31.2 Å². The molecule has 0 fully saturated rings. The Morgan fingerprint density at radius 1 is 1.30 bits per heavy atom. The summed E-state index contributed by atoms with van der Waals surface area (Å²) < 4.78 is 0. The minimum atomic E-state index is -0.225. The lowest BCUT2D eigenvalue weighted by atomic mass is 10.1. The van der Waals surface area contributed by atoms with Gasteiger partial charge in [-0.3, -0.25) is 15.3 Å². The summed E-state index contributed by atoms with van der Waals surface area (Å²) in [7, 11) is 0. The van der Waals surface area contributed by atoms with Gasteiger partial charge < -0.3 is 10.6 Å². The Morgan fingerprint density at radius 3 is 2.70 bits per heavy atom. The van der Waals surface area contributed by atoms with Crippen LogP contribution in [0.25, 0.3) is 0 Å². The zero-order valence-corrected chi connectivity index (χ0v) is 14.2. The molecule has 4 N–H and O–H groups in total. The number of aromatic amines is 1. The van der Waals surface area contributed by atoms with Gasteiger partial charge in [-0.2, -0.15) is 5.10 Å². The van der Waals surface area contributed by atoms with Crippen molar-refractivity contribution in [3.8, 4) is 0 Å². The van der Waals surface area contributed by atoms with Crippen LogP contribution in [0.15, 0.2) is 0 Å². The average molecular weight is 322 g/mol. The van der Waals surface area contributed by atoms with Crippen LogP contribution in [0.1, 0.15) is 45.4 Å². The molecule has 1 aliphatic heterocycles. The lowest BCUT2D eigenvalue weighted by Gasteiger charge is -2.27. The summed E-state index contributed by atoms with van der Waals surface area (Å²) in [6.45, 7) is 9.02. The van der Waals surface area contributed by atoms with Crippen LogP contribution in [0.3, 0.4) is 0 Å². The second kappa shape index (κ2) is 7.45. The van der Waals surface area contributed by atoms with Crippen LogP contribution in [-0.2, 0) is 17.8 Å². The quantitative estimate of drug-likeness (QED) is 0.657. The van der Waals surface area contributed by atoms with Crippen molar-refractivity contribution in [1.29, 1.82) is 0 Å². The molecule has 2 rings (SSSR count). The molecule has 23 heavy (non-hydrogen) atoms. The van der Waals surface area contributed by atoms with Gasteiger partial charge in [0.25, 0.3) is 0 Å². The van der Waals surface area contributed by atoms with E-state index in [2.05, 4.69) is 26.3 Å². The maximum absolute atomic E-state index is 11.9. The number of aromatic nitrogens is 2. The normalized spacial score (nSPS) is 14.7. The van der Waals surface area contributed by atoms with Crippen molar-refractivity contribution in [3.05, 3.63) is 11.3 Å². The molecule has 0 aromatic carbocycles. The van der Waals surface area contributed by atoms with Crippen LogP contribution in [0.2, 0.25) is 0 Å². The number of hydrogen-bond acceptors (Lipinski definition) is 4. The molecule has 1 aromatic heterocycles. The predicted molar refractivity (Wildman–Crippen MR) is 87.6 cm³/mol. The fourth-order valence-corrected chi connectivity index (χ4v) is 2.49. The standard InChI is InChI=1S/C15H26N6O2/c1-9(2)7-13(22)17-14-11-8-21(6-5-12(11)18-19-14)20-15(23)16-10(3)4/h9-10H,5-8H2,1-4H3,(H2,16,20,23)(H2,17,18,19,22). The first kappa shape index (κ1) is 17.3. The number of urea groups is 1. The number of hydrazine groups is 1. The largest absolute Gasteiger partial charge is 0.335 e. The lowest BCUT2D eigenvalue weighted by Crippen LogP contribution is -2.50. The molecule has 3 amide bonds. The van der Waals surface area contributed by atoms with E-state index in [-0.39, 0.29) is 18.0 Å². The monoisotopic (exact) mass is 322 g/mol. The molecule has 0 spiro atoms. The van der Waals surface area contributed by atoms with Gasteiger partial charge in [0, 0.05) is 43.2 Å². The second-order valence-corrected chi connectivity index (χ2v) is 6.59. The molecule has 0 saturated heterocycles. The van der Waals surface area contributed by atoms with E-state index in [1.54, 1.807) is 0 Å². The Labute approximate surface area is 136 Å². The smallest absolute Gasteiger partial charge is 0.329 e. The number of anilines is 1. The molecule has 0 atom stereocenters. The van der Waals surface area contributed by atoms with Gasteiger partial charge in [-0.1, -0.05) is 13.8 Å². The lowest BCUT2D eigenvalue weighted by molar-refractivity contribution is -0.116. The van der Waals surface area contributed by atoms with Crippen LogP contribution < -0.4 is 16.1 Å². The minimum Gasteiger partial charge on any atom is -0.335 e. The zero-order chi connectivity index (χ0) is 17.0. The average Bonchev–Trinajstić information content (AvgIpc) is 2.79. The van der Waals surface area contributed by atoms with Crippen LogP contribution in [0.4, 0.5) is 10.6 Å². The first-order valence-corrected chi connectivity index (χ1v) is 8.03. The summed E-state index contributed by atoms with van der Waals surface area (Å²) in [6, 6.07) is -0.146. The fourth-order valence-electron chi connectivity index (χ4n) is 2.49. The number of rotatable bonds is 5. The van der Waals surface area contributed by atoms with Gasteiger partial charge in [0.1, 0.15) is 0 Å². The molecule has 8 heteroatoms. The predicted octanol–water partition coefficient (Wildman–Crippen LogP) is 1.37. The molecule has 0 aliphatic carbocycles. The van der Waals surface area contributed by atoms with E-state index in [1.807, 2.05) is 32.7 Å². The maximum atomic E-state index is 11.9. The Morgan fingerprint density at radius 2 is 2.04 bits per heavy atom. The summed E-state index contributed by atoms with van der Waals surface area (Å²) in [6.07, 6.45) is 1.20. The van der Waals surface area contributed by atoms with Crippen LogP contribution in [0.5, 0.6) is 0 Å². The van der Waals surface area contributed by atoms with Gasteiger partial charge in [-0.25, -0.2) is 9.80 Å². The van der Waals surface area contributed by atoms with Crippen molar-refractivity contribution in [3.63, 3.8) is 0 Å². The Hall–Kier alpha value is -2.09. The summed E-state index contributed by atoms with van der Waals surface area (Å²) in [5, 5.41) is 14.6. The van der Waals surface area contributed by atoms with Crippen molar-refractivity contribution >= 4 is 17.8 Å². The number of nitrogens with one attached hydrogen (secondary N) is 4. The summed E-state index contributed by atoms with van der Waals surface area (Å²) in [5.41, 5.74) is 4.76. The highest BCUT2D eigenvalue weighted by molar-refractivity contribution is 5.90. The van der Waals surface area contributed by atoms with Gasteiger partial charge in [0.15, 0.2) is 5.82 Å². The number of carbonyl (C=O) groups is 2. The van der Waals surface area contributed by atoms with E-state index < -0.39 is 0 Å². The molecule has 1 aromatic rings. The van der Waals surface area contributed by atoms with Crippen molar-refractivity contribution in [2.75, 3.05) is 11.9 Å². The minimum absolute atomic E-state index is 0.0445. The number of H-pyrrole nitrogens is 1. The van der Waals surface area contributed by atoms with E-state index in [9.17, 15) is 9.59 Å². The third-order valence-corrected chi connectivity index (χ3v) is 3.46. The van der Waals surface area contributed by atoms with Crippen molar-refractivity contribution in [1.82, 2.24) is 25.9 Å². The molecule has 128 valence electrons. The zero-order valence-electron chi connectivity index (χ0n) is 14.2. The Kier molecular flexibility index (Phi) is 5.59. The molecule has 0 radical (unpaired) electrons. The highest BCUT2D eigenvalue weighted by Crippen LogP contribution is 2.23. The summed E-state index contributed by atoms with van der Waals surface area (Å²) in [5.74, 6) is 0.806. The molecule has 1 aliphatic rings. The topological polar surface area (TPSA) is 102 Å². The van der Waals surface area contributed by atoms with Crippen molar-refractivity contribution < 1.29 is 9.59 Å². The highest BCUT2D eigenvalue weighted by atomic mass is 16.2. The van der Waals surface area contributed by atoms with E-state index >= 15 is 0 Å². The van der Waals surface area contributed by atoms with E-state index in [0.717, 1.165) is 17.7 Å². The SMILES string of the molecule is CC(C)CC(=O)Nc1n[nH]c2c1CN(NC(=O)NC(C)C)CC2. The van der Waals surface area contributed by atoms with Gasteiger partial charge in [-0.05, 0) is 19.8 Å². The molecule has 0 unspecified atom stereocenters. The van der Waals surface area contributed by atoms with Crippen LogP contribution >= 0.6 is 0 Å². The van der Waals surface area contributed by atoms with Gasteiger partial charge in [-0.15, -0.1) is 0 Å².